The molecule has 0 bridgehead atoms. The SMILES string of the molecule is COC(=O)CC1C(=O)NCCN1Cc1nc(-c2cccs2)oc1C. The standard InChI is InChI=1S/C16H19N3O4S/c1-10-11(18-16(23-10)13-4-3-7-24-13)9-19-6-5-17-15(21)12(19)8-14(20)22-2/h3-4,7,12H,5-6,8-9H2,1-2H3,(H,17,21). The Morgan fingerprint density at radius 3 is 3.12 bits per heavy atom. The molecule has 8 heteroatoms. The summed E-state index contributed by atoms with van der Waals surface area (Å²) in [7, 11) is 1.32. The summed E-state index contributed by atoms with van der Waals surface area (Å²) in [6.07, 6.45) is 0.0248. The van der Waals surface area contributed by atoms with Gasteiger partial charge in [0.25, 0.3) is 0 Å². The van der Waals surface area contributed by atoms with Crippen LogP contribution in [-0.2, 0) is 20.9 Å². The van der Waals surface area contributed by atoms with Gasteiger partial charge in [0.05, 0.1) is 24.1 Å². The number of nitrogens with one attached hydrogen (secondary N) is 1. The van der Waals surface area contributed by atoms with Crippen molar-refractivity contribution in [3.8, 4) is 10.8 Å². The first-order valence-electron chi connectivity index (χ1n) is 7.67. The van der Waals surface area contributed by atoms with Crippen molar-refractivity contribution in [3.05, 3.63) is 29.0 Å². The molecule has 24 heavy (non-hydrogen) atoms. The van der Waals surface area contributed by atoms with Crippen LogP contribution in [0.3, 0.4) is 0 Å². The number of nitrogens with zero attached hydrogens (tertiary/aromatic N) is 2. The van der Waals surface area contributed by atoms with Crippen LogP contribution in [0.4, 0.5) is 0 Å². The Morgan fingerprint density at radius 2 is 2.42 bits per heavy atom. The molecular formula is C16H19N3O4S. The highest BCUT2D eigenvalue weighted by molar-refractivity contribution is 7.13. The summed E-state index contributed by atoms with van der Waals surface area (Å²) in [5.41, 5.74) is 0.781. The van der Waals surface area contributed by atoms with Gasteiger partial charge in [0.15, 0.2) is 0 Å². The zero-order chi connectivity index (χ0) is 17.1. The molecule has 1 atom stereocenters. The van der Waals surface area contributed by atoms with Crippen LogP contribution in [0.15, 0.2) is 21.9 Å². The number of hydrogen-bond acceptors (Lipinski definition) is 7. The Balaban J connectivity index is 1.78. The number of hydrogen-bond donors (Lipinski definition) is 1. The van der Waals surface area contributed by atoms with Gasteiger partial charge >= 0.3 is 5.97 Å². The van der Waals surface area contributed by atoms with E-state index in [2.05, 4.69) is 10.3 Å². The molecule has 1 unspecified atom stereocenters. The van der Waals surface area contributed by atoms with E-state index < -0.39 is 12.0 Å². The van der Waals surface area contributed by atoms with Crippen molar-refractivity contribution in [1.29, 1.82) is 0 Å². The highest BCUT2D eigenvalue weighted by Gasteiger charge is 2.33. The van der Waals surface area contributed by atoms with E-state index in [1.54, 1.807) is 11.3 Å². The van der Waals surface area contributed by atoms with Crippen molar-refractivity contribution in [3.63, 3.8) is 0 Å². The van der Waals surface area contributed by atoms with Gasteiger partial charge in [-0.3, -0.25) is 14.5 Å². The molecule has 2 aromatic rings. The molecule has 1 saturated heterocycles. The maximum absolute atomic E-state index is 12.1. The first-order chi connectivity index (χ1) is 11.6. The molecule has 3 heterocycles. The minimum absolute atomic E-state index is 0.0248. The van der Waals surface area contributed by atoms with Gasteiger partial charge < -0.3 is 14.5 Å². The van der Waals surface area contributed by atoms with Gasteiger partial charge in [-0.2, -0.15) is 0 Å². The molecule has 0 radical (unpaired) electrons. The Bertz CT molecular complexity index is 726. The number of aryl methyl sites for hydroxylation is 1. The van der Waals surface area contributed by atoms with Gasteiger partial charge in [0.2, 0.25) is 11.8 Å². The van der Waals surface area contributed by atoms with Crippen molar-refractivity contribution in [2.75, 3.05) is 20.2 Å². The molecule has 0 aromatic carbocycles. The number of aromatic nitrogens is 1. The largest absolute Gasteiger partial charge is 0.469 e. The highest BCUT2D eigenvalue weighted by atomic mass is 32.1. The number of methoxy groups -OCH3 is 1. The fourth-order valence-electron chi connectivity index (χ4n) is 2.69. The van der Waals surface area contributed by atoms with Gasteiger partial charge in [-0.05, 0) is 18.4 Å². The van der Waals surface area contributed by atoms with E-state index in [0.29, 0.717) is 25.5 Å². The summed E-state index contributed by atoms with van der Waals surface area (Å²) in [5, 5.41) is 4.76. The predicted octanol–water partition coefficient (Wildman–Crippen LogP) is 1.58. The van der Waals surface area contributed by atoms with E-state index >= 15 is 0 Å². The quantitative estimate of drug-likeness (QED) is 0.825. The molecule has 7 nitrogen and oxygen atoms in total. The van der Waals surface area contributed by atoms with Crippen LogP contribution in [-0.4, -0.2) is 48.0 Å². The molecule has 1 fully saturated rings. The molecule has 128 valence electrons. The second kappa shape index (κ2) is 7.14. The minimum Gasteiger partial charge on any atom is -0.469 e. The Labute approximate surface area is 143 Å². The Morgan fingerprint density at radius 1 is 1.58 bits per heavy atom. The third-order valence-electron chi connectivity index (χ3n) is 4.01. The topological polar surface area (TPSA) is 84.7 Å². The summed E-state index contributed by atoms with van der Waals surface area (Å²) in [5.74, 6) is 0.745. The Kier molecular flexibility index (Phi) is 4.96. The van der Waals surface area contributed by atoms with Crippen LogP contribution in [0.1, 0.15) is 17.9 Å². The van der Waals surface area contributed by atoms with Crippen LogP contribution >= 0.6 is 11.3 Å². The number of carbonyl (C=O) groups is 2. The molecular weight excluding hydrogens is 330 g/mol. The smallest absolute Gasteiger partial charge is 0.307 e. The van der Waals surface area contributed by atoms with Crippen LogP contribution < -0.4 is 5.32 Å². The lowest BCUT2D eigenvalue weighted by atomic mass is 10.1. The van der Waals surface area contributed by atoms with E-state index in [9.17, 15) is 9.59 Å². The maximum atomic E-state index is 12.1. The first kappa shape index (κ1) is 16.7. The fourth-order valence-corrected chi connectivity index (χ4v) is 3.34. The van der Waals surface area contributed by atoms with Gasteiger partial charge in [0, 0.05) is 19.6 Å². The Hall–Kier alpha value is -2.19. The summed E-state index contributed by atoms with van der Waals surface area (Å²) < 4.78 is 10.4. The number of carbonyl (C=O) groups excluding carboxylic acids is 2. The van der Waals surface area contributed by atoms with Crippen molar-refractivity contribution in [2.24, 2.45) is 0 Å². The third-order valence-corrected chi connectivity index (χ3v) is 4.86. The number of ether oxygens (including phenoxy) is 1. The van der Waals surface area contributed by atoms with Crippen LogP contribution in [0.2, 0.25) is 0 Å². The van der Waals surface area contributed by atoms with Crippen LogP contribution in [0.25, 0.3) is 10.8 Å². The van der Waals surface area contributed by atoms with Crippen molar-refractivity contribution in [2.45, 2.75) is 25.9 Å². The summed E-state index contributed by atoms with van der Waals surface area (Å²) in [4.78, 5) is 31.2. The van der Waals surface area contributed by atoms with Gasteiger partial charge in [-0.1, -0.05) is 6.07 Å². The second-order valence-corrected chi connectivity index (χ2v) is 6.50. The lowest BCUT2D eigenvalue weighted by Crippen LogP contribution is -2.55. The van der Waals surface area contributed by atoms with Crippen LogP contribution in [0, 0.1) is 6.92 Å². The second-order valence-electron chi connectivity index (χ2n) is 5.56. The number of amides is 1. The lowest BCUT2D eigenvalue weighted by molar-refractivity contribution is -0.146. The van der Waals surface area contributed by atoms with Crippen LogP contribution in [0.5, 0.6) is 0 Å². The highest BCUT2D eigenvalue weighted by Crippen LogP contribution is 2.27. The lowest BCUT2D eigenvalue weighted by Gasteiger charge is -2.33. The molecule has 0 spiro atoms. The minimum atomic E-state index is -0.549. The molecule has 2 aromatic heterocycles. The maximum Gasteiger partial charge on any atom is 0.307 e. The van der Waals surface area contributed by atoms with Crippen molar-refractivity contribution >= 4 is 23.2 Å². The normalized spacial score (nSPS) is 18.4. The summed E-state index contributed by atoms with van der Waals surface area (Å²) in [6, 6.07) is 3.35. The molecule has 3 rings (SSSR count). The summed E-state index contributed by atoms with van der Waals surface area (Å²) >= 11 is 1.56. The van der Waals surface area contributed by atoms with Crippen molar-refractivity contribution < 1.29 is 18.7 Å². The fraction of sp³-hybridized carbons (Fsp3) is 0.438. The van der Waals surface area contributed by atoms with Crippen molar-refractivity contribution in [1.82, 2.24) is 15.2 Å². The first-order valence-corrected chi connectivity index (χ1v) is 8.55. The average Bonchev–Trinajstić information content (AvgIpc) is 3.21. The number of rotatable bonds is 5. The molecule has 1 N–H and O–H groups in total. The number of oxazole rings is 1. The molecule has 1 aliphatic rings. The van der Waals surface area contributed by atoms with Gasteiger partial charge in [0.1, 0.15) is 11.8 Å². The zero-order valence-electron chi connectivity index (χ0n) is 13.6. The molecule has 0 saturated carbocycles. The van der Waals surface area contributed by atoms with E-state index in [4.69, 9.17) is 9.15 Å². The monoisotopic (exact) mass is 349 g/mol. The number of thiophene rings is 1. The number of piperazine rings is 1. The van der Waals surface area contributed by atoms with E-state index in [0.717, 1.165) is 16.3 Å². The van der Waals surface area contributed by atoms with E-state index in [-0.39, 0.29) is 12.3 Å². The molecule has 1 amide bonds. The average molecular weight is 349 g/mol. The van der Waals surface area contributed by atoms with Gasteiger partial charge in [-0.25, -0.2) is 4.98 Å². The molecule has 1 aliphatic heterocycles. The molecule has 0 aliphatic carbocycles. The van der Waals surface area contributed by atoms with E-state index in [1.807, 2.05) is 29.3 Å². The van der Waals surface area contributed by atoms with Gasteiger partial charge in [-0.15, -0.1) is 11.3 Å². The third kappa shape index (κ3) is 3.49. The number of esters is 1. The van der Waals surface area contributed by atoms with E-state index in [1.165, 1.54) is 7.11 Å². The zero-order valence-corrected chi connectivity index (χ0v) is 14.4. The predicted molar refractivity (Wildman–Crippen MR) is 88.4 cm³/mol. The summed E-state index contributed by atoms with van der Waals surface area (Å²) in [6.45, 7) is 3.51.